The van der Waals surface area contributed by atoms with Crippen LogP contribution in [-0.4, -0.2) is 26.3 Å². The van der Waals surface area contributed by atoms with Crippen LogP contribution in [0.2, 0.25) is 0 Å². The van der Waals surface area contributed by atoms with Crippen LogP contribution in [0.15, 0.2) is 24.3 Å². The van der Waals surface area contributed by atoms with E-state index in [0.717, 1.165) is 24.7 Å². The molecule has 1 aliphatic heterocycles. The van der Waals surface area contributed by atoms with E-state index in [1.807, 2.05) is 24.3 Å². The molecule has 1 N–H and O–H groups in total. The molecule has 3 heteroatoms. The number of benzene rings is 1. The lowest BCUT2D eigenvalue weighted by Gasteiger charge is -2.12. The molecule has 1 saturated heterocycles. The molecule has 0 aliphatic carbocycles. The fourth-order valence-electron chi connectivity index (χ4n) is 1.79. The predicted molar refractivity (Wildman–Crippen MR) is 59.5 cm³/mol. The smallest absolute Gasteiger partial charge is 0.123 e. The third-order valence-corrected chi connectivity index (χ3v) is 2.65. The first-order valence-corrected chi connectivity index (χ1v) is 5.39. The highest BCUT2D eigenvalue weighted by molar-refractivity contribution is 5.32. The van der Waals surface area contributed by atoms with Crippen LogP contribution in [0, 0.1) is 0 Å². The van der Waals surface area contributed by atoms with E-state index in [1.54, 1.807) is 7.11 Å². The predicted octanol–water partition coefficient (Wildman–Crippen LogP) is 1.83. The Labute approximate surface area is 90.4 Å². The van der Waals surface area contributed by atoms with E-state index in [0.29, 0.717) is 6.04 Å². The maximum Gasteiger partial charge on any atom is 0.123 e. The number of nitrogens with one attached hydrogen (secondary N) is 1. The fraction of sp³-hybridized carbons (Fsp3) is 0.500. The fourth-order valence-corrected chi connectivity index (χ4v) is 1.79. The van der Waals surface area contributed by atoms with Crippen LogP contribution in [0.4, 0.5) is 0 Å². The van der Waals surface area contributed by atoms with Crippen LogP contribution >= 0.6 is 0 Å². The molecule has 15 heavy (non-hydrogen) atoms. The second-order valence-corrected chi connectivity index (χ2v) is 3.78. The molecule has 1 heterocycles. The Morgan fingerprint density at radius 2 is 2.27 bits per heavy atom. The molecule has 82 valence electrons. The molecule has 2 rings (SSSR count). The van der Waals surface area contributed by atoms with Gasteiger partial charge in [0.15, 0.2) is 0 Å². The van der Waals surface area contributed by atoms with Crippen molar-refractivity contribution >= 4 is 0 Å². The first-order valence-electron chi connectivity index (χ1n) is 5.39. The first kappa shape index (κ1) is 10.3. The molecule has 3 nitrogen and oxygen atoms in total. The zero-order valence-electron chi connectivity index (χ0n) is 9.03. The van der Waals surface area contributed by atoms with Gasteiger partial charge in [0.25, 0.3) is 0 Å². The minimum absolute atomic E-state index is 0.510. The Morgan fingerprint density at radius 3 is 3.00 bits per heavy atom. The Hall–Kier alpha value is -1.22. The molecule has 0 bridgehead atoms. The molecule has 1 aliphatic rings. The lowest BCUT2D eigenvalue weighted by Crippen LogP contribution is -2.28. The van der Waals surface area contributed by atoms with Crippen molar-refractivity contribution in [3.05, 3.63) is 24.3 Å². The maximum atomic E-state index is 5.69. The molecule has 0 spiro atoms. The molecule has 1 fully saturated rings. The Bertz CT molecular complexity index is 308. The lowest BCUT2D eigenvalue weighted by atomic mass is 10.2. The number of hydrogen-bond donors (Lipinski definition) is 1. The number of methoxy groups -OCH3 is 1. The van der Waals surface area contributed by atoms with Crippen LogP contribution in [0.25, 0.3) is 0 Å². The summed E-state index contributed by atoms with van der Waals surface area (Å²) in [5, 5.41) is 3.40. The van der Waals surface area contributed by atoms with E-state index < -0.39 is 0 Å². The molecule has 1 atom stereocenters. The molecular formula is C12H17NO2. The zero-order valence-corrected chi connectivity index (χ0v) is 9.03. The average Bonchev–Trinajstić information content (AvgIpc) is 2.79. The van der Waals surface area contributed by atoms with Gasteiger partial charge in [-0.15, -0.1) is 0 Å². The lowest BCUT2D eigenvalue weighted by molar-refractivity contribution is 0.275. The van der Waals surface area contributed by atoms with Crippen LogP contribution < -0.4 is 14.8 Å². The van der Waals surface area contributed by atoms with Gasteiger partial charge in [0.05, 0.1) is 7.11 Å². The van der Waals surface area contributed by atoms with Gasteiger partial charge in [0.2, 0.25) is 0 Å². The monoisotopic (exact) mass is 207 g/mol. The van der Waals surface area contributed by atoms with E-state index in [4.69, 9.17) is 9.47 Å². The van der Waals surface area contributed by atoms with Crippen molar-refractivity contribution in [1.29, 1.82) is 0 Å². The minimum Gasteiger partial charge on any atom is -0.497 e. The molecule has 0 saturated carbocycles. The molecule has 0 radical (unpaired) electrons. The summed E-state index contributed by atoms with van der Waals surface area (Å²) in [7, 11) is 1.66. The van der Waals surface area contributed by atoms with Gasteiger partial charge >= 0.3 is 0 Å². The highest BCUT2D eigenvalue weighted by Crippen LogP contribution is 2.19. The van der Waals surface area contributed by atoms with Gasteiger partial charge in [-0.25, -0.2) is 0 Å². The van der Waals surface area contributed by atoms with E-state index in [2.05, 4.69) is 5.32 Å². The molecule has 0 aromatic heterocycles. The van der Waals surface area contributed by atoms with Crippen molar-refractivity contribution in [2.45, 2.75) is 18.9 Å². The third kappa shape index (κ3) is 2.86. The van der Waals surface area contributed by atoms with Crippen molar-refractivity contribution in [3.63, 3.8) is 0 Å². The molecular weight excluding hydrogens is 190 g/mol. The van der Waals surface area contributed by atoms with E-state index >= 15 is 0 Å². The molecule has 1 aromatic rings. The van der Waals surface area contributed by atoms with E-state index in [1.165, 1.54) is 12.8 Å². The van der Waals surface area contributed by atoms with Gasteiger partial charge < -0.3 is 14.8 Å². The van der Waals surface area contributed by atoms with Crippen molar-refractivity contribution in [3.8, 4) is 11.5 Å². The quantitative estimate of drug-likeness (QED) is 0.817. The summed E-state index contributed by atoms with van der Waals surface area (Å²) in [6.07, 6.45) is 2.47. The zero-order chi connectivity index (χ0) is 10.5. The second-order valence-electron chi connectivity index (χ2n) is 3.78. The van der Waals surface area contributed by atoms with Gasteiger partial charge in [0, 0.05) is 12.1 Å². The maximum absolute atomic E-state index is 5.69. The summed E-state index contributed by atoms with van der Waals surface area (Å²) in [6, 6.07) is 8.24. The van der Waals surface area contributed by atoms with Gasteiger partial charge in [-0.3, -0.25) is 0 Å². The molecule has 0 unspecified atom stereocenters. The Morgan fingerprint density at radius 1 is 1.40 bits per heavy atom. The van der Waals surface area contributed by atoms with Crippen LogP contribution in [0.5, 0.6) is 11.5 Å². The number of ether oxygens (including phenoxy) is 2. The Kier molecular flexibility index (Phi) is 3.45. The standard InChI is InChI=1S/C12H17NO2/c1-14-11-5-2-6-12(8-11)15-9-10-4-3-7-13-10/h2,5-6,8,10,13H,3-4,7,9H2,1H3/t10-/m0/s1. The topological polar surface area (TPSA) is 30.5 Å². The van der Waals surface area contributed by atoms with Crippen molar-refractivity contribution in [1.82, 2.24) is 5.32 Å². The van der Waals surface area contributed by atoms with Crippen LogP contribution in [-0.2, 0) is 0 Å². The van der Waals surface area contributed by atoms with Crippen molar-refractivity contribution < 1.29 is 9.47 Å². The summed E-state index contributed by atoms with van der Waals surface area (Å²) >= 11 is 0. The van der Waals surface area contributed by atoms with Gasteiger partial charge in [-0.1, -0.05) is 6.07 Å². The highest BCUT2D eigenvalue weighted by atomic mass is 16.5. The highest BCUT2D eigenvalue weighted by Gasteiger charge is 2.14. The summed E-state index contributed by atoms with van der Waals surface area (Å²) in [5.41, 5.74) is 0. The van der Waals surface area contributed by atoms with E-state index in [-0.39, 0.29) is 0 Å². The first-order chi connectivity index (χ1) is 7.38. The number of rotatable bonds is 4. The van der Waals surface area contributed by atoms with Crippen molar-refractivity contribution in [2.24, 2.45) is 0 Å². The number of hydrogen-bond acceptors (Lipinski definition) is 3. The average molecular weight is 207 g/mol. The third-order valence-electron chi connectivity index (χ3n) is 2.65. The summed E-state index contributed by atoms with van der Waals surface area (Å²) in [5.74, 6) is 1.72. The summed E-state index contributed by atoms with van der Waals surface area (Å²) in [6.45, 7) is 1.86. The molecule has 0 amide bonds. The van der Waals surface area contributed by atoms with Gasteiger partial charge in [-0.2, -0.15) is 0 Å². The normalized spacial score (nSPS) is 20.2. The van der Waals surface area contributed by atoms with Gasteiger partial charge in [-0.05, 0) is 31.5 Å². The largest absolute Gasteiger partial charge is 0.497 e. The second kappa shape index (κ2) is 5.03. The summed E-state index contributed by atoms with van der Waals surface area (Å²) < 4.78 is 10.8. The van der Waals surface area contributed by atoms with Gasteiger partial charge in [0.1, 0.15) is 18.1 Å². The summed E-state index contributed by atoms with van der Waals surface area (Å²) in [4.78, 5) is 0. The van der Waals surface area contributed by atoms with Crippen molar-refractivity contribution in [2.75, 3.05) is 20.3 Å². The molecule has 1 aromatic carbocycles. The van der Waals surface area contributed by atoms with E-state index in [9.17, 15) is 0 Å². The minimum atomic E-state index is 0.510. The SMILES string of the molecule is COc1cccc(OC[C@@H]2CCCN2)c1. The van der Waals surface area contributed by atoms with Crippen LogP contribution in [0.1, 0.15) is 12.8 Å². The Balaban J connectivity index is 1.86. The van der Waals surface area contributed by atoms with Crippen LogP contribution in [0.3, 0.4) is 0 Å².